The van der Waals surface area contributed by atoms with E-state index in [1.807, 2.05) is 17.0 Å². The van der Waals surface area contributed by atoms with Crippen molar-refractivity contribution in [1.29, 1.82) is 0 Å². The Morgan fingerprint density at radius 2 is 2.00 bits per heavy atom. The highest BCUT2D eigenvalue weighted by molar-refractivity contribution is 5.84. The molecule has 0 aliphatic carbocycles. The van der Waals surface area contributed by atoms with Crippen LogP contribution in [0, 0.1) is 0 Å². The molecule has 1 saturated heterocycles. The van der Waals surface area contributed by atoms with Crippen LogP contribution in [0.3, 0.4) is 0 Å². The van der Waals surface area contributed by atoms with Crippen LogP contribution in [0.2, 0.25) is 0 Å². The number of benzene rings is 1. The molecule has 0 saturated carbocycles. The lowest BCUT2D eigenvalue weighted by molar-refractivity contribution is -0.119. The molecular formula is C13H16N2O2. The minimum absolute atomic E-state index is 0.217. The lowest BCUT2D eigenvalue weighted by atomic mass is 10.0. The zero-order valence-electron chi connectivity index (χ0n) is 9.63. The Balaban J connectivity index is 2.23. The van der Waals surface area contributed by atoms with Gasteiger partial charge in [-0.3, -0.25) is 9.59 Å². The molecule has 17 heavy (non-hydrogen) atoms. The van der Waals surface area contributed by atoms with Gasteiger partial charge in [-0.1, -0.05) is 0 Å². The summed E-state index contributed by atoms with van der Waals surface area (Å²) in [5, 5.41) is 0. The van der Waals surface area contributed by atoms with Gasteiger partial charge in [0, 0.05) is 17.8 Å². The first-order valence-electron chi connectivity index (χ1n) is 5.83. The molecule has 0 radical (unpaired) electrons. The summed E-state index contributed by atoms with van der Waals surface area (Å²) in [5.41, 5.74) is 7.01. The van der Waals surface area contributed by atoms with Crippen molar-refractivity contribution in [2.75, 3.05) is 11.4 Å². The molecule has 1 unspecified atom stereocenters. The van der Waals surface area contributed by atoms with Gasteiger partial charge in [-0.05, 0) is 43.5 Å². The largest absolute Gasteiger partial charge is 0.368 e. The van der Waals surface area contributed by atoms with Crippen molar-refractivity contribution in [3.8, 4) is 0 Å². The zero-order chi connectivity index (χ0) is 12.3. The molecular weight excluding hydrogens is 216 g/mol. The van der Waals surface area contributed by atoms with Crippen molar-refractivity contribution < 1.29 is 9.59 Å². The molecule has 90 valence electrons. The van der Waals surface area contributed by atoms with E-state index < -0.39 is 0 Å². The minimum atomic E-state index is -0.274. The monoisotopic (exact) mass is 232 g/mol. The molecule has 0 aromatic heterocycles. The number of amides is 1. The normalized spacial score (nSPS) is 20.0. The first kappa shape index (κ1) is 11.6. The van der Waals surface area contributed by atoms with Gasteiger partial charge >= 0.3 is 0 Å². The van der Waals surface area contributed by atoms with Crippen molar-refractivity contribution in [2.45, 2.75) is 25.3 Å². The molecule has 0 spiro atoms. The number of carbonyl (C=O) groups is 2. The van der Waals surface area contributed by atoms with Gasteiger partial charge in [0.15, 0.2) is 0 Å². The van der Waals surface area contributed by atoms with Crippen LogP contribution in [-0.4, -0.2) is 24.8 Å². The number of rotatable bonds is 3. The molecule has 1 aromatic carbocycles. The van der Waals surface area contributed by atoms with Crippen LogP contribution in [0.4, 0.5) is 5.69 Å². The van der Waals surface area contributed by atoms with Crippen molar-refractivity contribution in [2.24, 2.45) is 5.73 Å². The van der Waals surface area contributed by atoms with Crippen LogP contribution in [0.1, 0.15) is 29.6 Å². The van der Waals surface area contributed by atoms with Gasteiger partial charge in [-0.25, -0.2) is 0 Å². The number of aldehydes is 1. The molecule has 0 bridgehead atoms. The van der Waals surface area contributed by atoms with Gasteiger partial charge < -0.3 is 10.6 Å². The van der Waals surface area contributed by atoms with Crippen LogP contribution in [0.25, 0.3) is 0 Å². The highest BCUT2D eigenvalue weighted by Gasteiger charge is 2.26. The molecule has 1 aliphatic rings. The Kier molecular flexibility index (Phi) is 3.42. The Bertz CT molecular complexity index is 414. The number of hydrogen-bond donors (Lipinski definition) is 1. The second-order valence-electron chi connectivity index (χ2n) is 4.32. The van der Waals surface area contributed by atoms with E-state index in [1.165, 1.54) is 0 Å². The van der Waals surface area contributed by atoms with Gasteiger partial charge in [-0.2, -0.15) is 0 Å². The molecule has 2 N–H and O–H groups in total. The van der Waals surface area contributed by atoms with Gasteiger partial charge in [0.1, 0.15) is 12.3 Å². The van der Waals surface area contributed by atoms with E-state index in [0.29, 0.717) is 5.56 Å². The second kappa shape index (κ2) is 4.99. The smallest absolute Gasteiger partial charge is 0.240 e. The zero-order valence-corrected chi connectivity index (χ0v) is 9.63. The van der Waals surface area contributed by atoms with E-state index in [2.05, 4.69) is 0 Å². The Hall–Kier alpha value is -1.84. The fourth-order valence-electron chi connectivity index (χ4n) is 2.28. The predicted molar refractivity (Wildman–Crippen MR) is 66.0 cm³/mol. The molecule has 1 aliphatic heterocycles. The quantitative estimate of drug-likeness (QED) is 0.800. The number of nitrogens with zero attached hydrogens (tertiary/aromatic N) is 1. The van der Waals surface area contributed by atoms with Gasteiger partial charge in [-0.15, -0.1) is 0 Å². The number of piperidine rings is 1. The summed E-state index contributed by atoms with van der Waals surface area (Å²) in [5.74, 6) is -0.274. The lowest BCUT2D eigenvalue weighted by Crippen LogP contribution is -2.47. The summed E-state index contributed by atoms with van der Waals surface area (Å²) in [7, 11) is 0. The summed E-state index contributed by atoms with van der Waals surface area (Å²) in [4.78, 5) is 24.0. The first-order valence-corrected chi connectivity index (χ1v) is 5.83. The summed E-state index contributed by atoms with van der Waals surface area (Å²) in [6, 6.07) is 7.03. The maximum Gasteiger partial charge on any atom is 0.240 e. The van der Waals surface area contributed by atoms with Gasteiger partial charge in [0.05, 0.1) is 0 Å². The molecule has 4 heteroatoms. The number of anilines is 1. The summed E-state index contributed by atoms with van der Waals surface area (Å²) < 4.78 is 0. The van der Waals surface area contributed by atoms with Crippen molar-refractivity contribution in [1.82, 2.24) is 0 Å². The van der Waals surface area contributed by atoms with E-state index in [9.17, 15) is 9.59 Å². The maximum atomic E-state index is 11.4. The first-order chi connectivity index (χ1) is 8.22. The van der Waals surface area contributed by atoms with Crippen LogP contribution >= 0.6 is 0 Å². The van der Waals surface area contributed by atoms with Gasteiger partial charge in [0.25, 0.3) is 0 Å². The van der Waals surface area contributed by atoms with Crippen LogP contribution in [0.5, 0.6) is 0 Å². The molecule has 4 nitrogen and oxygen atoms in total. The summed E-state index contributed by atoms with van der Waals surface area (Å²) in [6.07, 6.45) is 3.73. The van der Waals surface area contributed by atoms with E-state index in [4.69, 9.17) is 5.73 Å². The summed E-state index contributed by atoms with van der Waals surface area (Å²) in [6.45, 7) is 0.841. The summed E-state index contributed by atoms with van der Waals surface area (Å²) >= 11 is 0. The molecule has 1 aromatic rings. The molecule has 1 atom stereocenters. The number of nitrogens with two attached hydrogens (primary N) is 1. The van der Waals surface area contributed by atoms with Gasteiger partial charge in [0.2, 0.25) is 5.91 Å². The molecule has 1 heterocycles. The van der Waals surface area contributed by atoms with Crippen LogP contribution in [0.15, 0.2) is 24.3 Å². The second-order valence-corrected chi connectivity index (χ2v) is 4.32. The third kappa shape index (κ3) is 2.46. The minimum Gasteiger partial charge on any atom is -0.368 e. The maximum absolute atomic E-state index is 11.4. The molecule has 1 fully saturated rings. The SMILES string of the molecule is NC(=O)C1CCCCN1c1ccc(C=O)cc1. The number of primary amides is 1. The molecule has 1 amide bonds. The van der Waals surface area contributed by atoms with E-state index >= 15 is 0 Å². The number of carbonyl (C=O) groups excluding carboxylic acids is 2. The molecule has 2 rings (SSSR count). The predicted octanol–water partition coefficient (Wildman–Crippen LogP) is 1.34. The highest BCUT2D eigenvalue weighted by atomic mass is 16.1. The van der Waals surface area contributed by atoms with Crippen molar-refractivity contribution in [3.05, 3.63) is 29.8 Å². The third-order valence-electron chi connectivity index (χ3n) is 3.19. The van der Waals surface area contributed by atoms with Crippen LogP contribution < -0.4 is 10.6 Å². The number of hydrogen-bond acceptors (Lipinski definition) is 3. The Morgan fingerprint density at radius 3 is 2.59 bits per heavy atom. The standard InChI is InChI=1S/C13H16N2O2/c14-13(17)12-3-1-2-8-15(12)11-6-4-10(9-16)5-7-11/h4-7,9,12H,1-3,8H2,(H2,14,17). The average molecular weight is 232 g/mol. The fourth-order valence-corrected chi connectivity index (χ4v) is 2.28. The third-order valence-corrected chi connectivity index (χ3v) is 3.19. The highest BCUT2D eigenvalue weighted by Crippen LogP contribution is 2.24. The Morgan fingerprint density at radius 1 is 1.29 bits per heavy atom. The van der Waals surface area contributed by atoms with E-state index in [0.717, 1.165) is 37.8 Å². The average Bonchev–Trinajstić information content (AvgIpc) is 2.39. The lowest BCUT2D eigenvalue weighted by Gasteiger charge is -2.35. The van der Waals surface area contributed by atoms with Crippen molar-refractivity contribution in [3.63, 3.8) is 0 Å². The topological polar surface area (TPSA) is 63.4 Å². The Labute approximate surface area is 100 Å². The van der Waals surface area contributed by atoms with E-state index in [1.54, 1.807) is 12.1 Å². The fraction of sp³-hybridized carbons (Fsp3) is 0.385. The van der Waals surface area contributed by atoms with Crippen molar-refractivity contribution >= 4 is 17.9 Å². The van der Waals surface area contributed by atoms with E-state index in [-0.39, 0.29) is 11.9 Å². The van der Waals surface area contributed by atoms with Crippen LogP contribution in [-0.2, 0) is 4.79 Å².